The first kappa shape index (κ1) is 14.6. The van der Waals surface area contributed by atoms with E-state index in [0.29, 0.717) is 5.56 Å². The van der Waals surface area contributed by atoms with Crippen LogP contribution in [0.25, 0.3) is 11.3 Å². The molecule has 0 saturated carbocycles. The van der Waals surface area contributed by atoms with Crippen LogP contribution in [0.4, 0.5) is 13.2 Å². The minimum absolute atomic E-state index is 0.124. The van der Waals surface area contributed by atoms with Crippen LogP contribution >= 0.6 is 11.6 Å². The molecule has 2 rings (SSSR count). The molecule has 0 unspecified atom stereocenters. The highest BCUT2D eigenvalue weighted by Gasteiger charge is 2.32. The molecule has 1 heterocycles. The van der Waals surface area contributed by atoms with E-state index in [2.05, 4.69) is 9.72 Å². The Hall–Kier alpha value is -1.79. The Morgan fingerprint density at radius 1 is 1.25 bits per heavy atom. The van der Waals surface area contributed by atoms with Crippen LogP contribution in [-0.4, -0.2) is 16.5 Å². The molecule has 1 N–H and O–H groups in total. The molecule has 0 amide bonds. The largest absolute Gasteiger partial charge is 0.573 e. The van der Waals surface area contributed by atoms with Gasteiger partial charge >= 0.3 is 6.36 Å². The number of pyridine rings is 1. The van der Waals surface area contributed by atoms with Gasteiger partial charge < -0.3 is 9.84 Å². The fourth-order valence-electron chi connectivity index (χ4n) is 1.64. The van der Waals surface area contributed by atoms with Crippen molar-refractivity contribution in [2.75, 3.05) is 0 Å². The van der Waals surface area contributed by atoms with Crippen LogP contribution in [0.5, 0.6) is 5.75 Å². The monoisotopic (exact) mass is 303 g/mol. The molecule has 0 fully saturated rings. The van der Waals surface area contributed by atoms with Crippen molar-refractivity contribution in [1.29, 1.82) is 0 Å². The van der Waals surface area contributed by atoms with Crippen molar-refractivity contribution in [3.63, 3.8) is 0 Å². The molecular weight excluding hydrogens is 295 g/mol. The number of nitrogens with zero attached hydrogens (tertiary/aromatic N) is 1. The summed E-state index contributed by atoms with van der Waals surface area (Å²) in [6.45, 7) is -0.256. The molecule has 3 nitrogen and oxygen atoms in total. The standard InChI is InChI=1S/C13H9ClF3NO2/c14-10-5-8(7-19)6-18-12(10)9-3-1-2-4-11(9)20-13(15,16)17/h1-6,19H,7H2. The third-order valence-corrected chi connectivity index (χ3v) is 2.74. The van der Waals surface area contributed by atoms with Gasteiger partial charge in [0.1, 0.15) is 5.75 Å². The Labute approximate surface area is 117 Å². The van der Waals surface area contributed by atoms with E-state index in [-0.39, 0.29) is 28.6 Å². The molecular formula is C13H9ClF3NO2. The van der Waals surface area contributed by atoms with E-state index in [1.165, 1.54) is 30.5 Å². The summed E-state index contributed by atoms with van der Waals surface area (Å²) < 4.78 is 41.0. The Balaban J connectivity index is 2.47. The molecule has 0 aliphatic carbocycles. The molecule has 0 bridgehead atoms. The summed E-state index contributed by atoms with van der Waals surface area (Å²) in [4.78, 5) is 3.97. The zero-order chi connectivity index (χ0) is 14.8. The highest BCUT2D eigenvalue weighted by atomic mass is 35.5. The number of aliphatic hydroxyl groups is 1. The third-order valence-electron chi connectivity index (χ3n) is 2.45. The Bertz CT molecular complexity index is 617. The summed E-state index contributed by atoms with van der Waals surface area (Å²) in [6, 6.07) is 7.01. The number of halogens is 4. The van der Waals surface area contributed by atoms with Gasteiger partial charge in [0.15, 0.2) is 0 Å². The van der Waals surface area contributed by atoms with Gasteiger partial charge in [-0.1, -0.05) is 23.7 Å². The maximum Gasteiger partial charge on any atom is 0.573 e. The predicted octanol–water partition coefficient (Wildman–Crippen LogP) is 3.79. The summed E-state index contributed by atoms with van der Waals surface area (Å²) in [7, 11) is 0. The van der Waals surface area contributed by atoms with E-state index in [1.807, 2.05) is 0 Å². The lowest BCUT2D eigenvalue weighted by Crippen LogP contribution is -2.17. The highest BCUT2D eigenvalue weighted by Crippen LogP contribution is 2.36. The number of benzene rings is 1. The third kappa shape index (κ3) is 3.40. The van der Waals surface area contributed by atoms with Gasteiger partial charge in [-0.2, -0.15) is 0 Å². The van der Waals surface area contributed by atoms with Gasteiger partial charge in [-0.05, 0) is 23.8 Å². The number of hydrogen-bond acceptors (Lipinski definition) is 3. The van der Waals surface area contributed by atoms with Crippen molar-refractivity contribution in [2.45, 2.75) is 13.0 Å². The van der Waals surface area contributed by atoms with Crippen LogP contribution in [0, 0.1) is 0 Å². The van der Waals surface area contributed by atoms with Crippen molar-refractivity contribution < 1.29 is 23.0 Å². The Kier molecular flexibility index (Phi) is 4.15. The quantitative estimate of drug-likeness (QED) is 0.938. The van der Waals surface area contributed by atoms with Crippen molar-refractivity contribution in [3.8, 4) is 17.0 Å². The summed E-state index contributed by atoms with van der Waals surface area (Å²) >= 11 is 5.98. The topological polar surface area (TPSA) is 42.4 Å². The first-order valence-electron chi connectivity index (χ1n) is 5.51. The highest BCUT2D eigenvalue weighted by molar-refractivity contribution is 6.33. The van der Waals surface area contributed by atoms with Crippen molar-refractivity contribution in [1.82, 2.24) is 4.98 Å². The van der Waals surface area contributed by atoms with Gasteiger partial charge in [0, 0.05) is 11.8 Å². The summed E-state index contributed by atoms with van der Waals surface area (Å²) in [6.07, 6.45) is -3.46. The summed E-state index contributed by atoms with van der Waals surface area (Å²) in [5.41, 5.74) is 0.746. The first-order valence-corrected chi connectivity index (χ1v) is 5.89. The molecule has 7 heteroatoms. The zero-order valence-electron chi connectivity index (χ0n) is 9.99. The van der Waals surface area contributed by atoms with Gasteiger partial charge in [0.2, 0.25) is 0 Å². The smallest absolute Gasteiger partial charge is 0.405 e. The summed E-state index contributed by atoms with van der Waals surface area (Å²) in [5, 5.41) is 9.09. The van der Waals surface area contributed by atoms with Crippen LogP contribution < -0.4 is 4.74 Å². The van der Waals surface area contributed by atoms with Crippen molar-refractivity contribution in [2.24, 2.45) is 0 Å². The van der Waals surface area contributed by atoms with E-state index >= 15 is 0 Å². The average Bonchev–Trinajstić information content (AvgIpc) is 2.38. The molecule has 0 spiro atoms. The summed E-state index contributed by atoms with van der Waals surface area (Å²) in [5.74, 6) is -0.383. The number of para-hydroxylation sites is 1. The Morgan fingerprint density at radius 2 is 1.95 bits per heavy atom. The molecule has 0 saturated heterocycles. The molecule has 0 aliphatic rings. The molecule has 0 atom stereocenters. The van der Waals surface area contributed by atoms with Gasteiger partial charge in [-0.3, -0.25) is 4.98 Å². The molecule has 1 aromatic heterocycles. The minimum Gasteiger partial charge on any atom is -0.405 e. The second-order valence-corrected chi connectivity index (χ2v) is 4.28. The molecule has 1 aromatic carbocycles. The maximum absolute atomic E-state index is 12.3. The van der Waals surface area contributed by atoms with E-state index in [4.69, 9.17) is 16.7 Å². The van der Waals surface area contributed by atoms with E-state index in [9.17, 15) is 13.2 Å². The Morgan fingerprint density at radius 3 is 2.55 bits per heavy atom. The van der Waals surface area contributed by atoms with Gasteiger partial charge in [0.05, 0.1) is 17.3 Å². The predicted molar refractivity (Wildman–Crippen MR) is 67.3 cm³/mol. The van der Waals surface area contributed by atoms with Gasteiger partial charge in [-0.25, -0.2) is 0 Å². The van der Waals surface area contributed by atoms with E-state index in [1.54, 1.807) is 6.07 Å². The van der Waals surface area contributed by atoms with E-state index < -0.39 is 6.36 Å². The fourth-order valence-corrected chi connectivity index (χ4v) is 1.93. The number of ether oxygens (including phenoxy) is 1. The van der Waals surface area contributed by atoms with Crippen LogP contribution in [0.2, 0.25) is 5.02 Å². The first-order chi connectivity index (χ1) is 9.40. The van der Waals surface area contributed by atoms with Crippen LogP contribution in [0.3, 0.4) is 0 Å². The van der Waals surface area contributed by atoms with E-state index in [0.717, 1.165) is 0 Å². The van der Waals surface area contributed by atoms with Crippen LogP contribution in [-0.2, 0) is 6.61 Å². The van der Waals surface area contributed by atoms with Crippen LogP contribution in [0.1, 0.15) is 5.56 Å². The van der Waals surface area contributed by atoms with Crippen molar-refractivity contribution >= 4 is 11.6 Å². The molecule has 20 heavy (non-hydrogen) atoms. The lowest BCUT2D eigenvalue weighted by atomic mass is 10.1. The van der Waals surface area contributed by atoms with Gasteiger partial charge in [0.25, 0.3) is 0 Å². The molecule has 0 aliphatic heterocycles. The maximum atomic E-state index is 12.3. The lowest BCUT2D eigenvalue weighted by molar-refractivity contribution is -0.274. The molecule has 0 radical (unpaired) electrons. The minimum atomic E-state index is -4.80. The second kappa shape index (κ2) is 5.68. The second-order valence-electron chi connectivity index (χ2n) is 3.88. The average molecular weight is 304 g/mol. The number of aliphatic hydroxyl groups excluding tert-OH is 1. The van der Waals surface area contributed by atoms with Crippen LogP contribution in [0.15, 0.2) is 36.5 Å². The number of alkyl halides is 3. The number of hydrogen-bond donors (Lipinski definition) is 1. The normalized spacial score (nSPS) is 11.4. The number of aromatic nitrogens is 1. The van der Waals surface area contributed by atoms with Gasteiger partial charge in [-0.15, -0.1) is 13.2 Å². The molecule has 106 valence electrons. The molecule has 2 aromatic rings. The SMILES string of the molecule is OCc1cnc(-c2ccccc2OC(F)(F)F)c(Cl)c1. The lowest BCUT2D eigenvalue weighted by Gasteiger charge is -2.13. The van der Waals surface area contributed by atoms with Crippen molar-refractivity contribution in [3.05, 3.63) is 47.1 Å². The fraction of sp³-hybridized carbons (Fsp3) is 0.154. The zero-order valence-corrected chi connectivity index (χ0v) is 10.7. The number of rotatable bonds is 3.